The fourth-order valence-corrected chi connectivity index (χ4v) is 3.45. The molecule has 1 fully saturated rings. The molecule has 0 aliphatic carbocycles. The molecule has 160 valence electrons. The topological polar surface area (TPSA) is 110 Å². The molecule has 2 amide bonds. The van der Waals surface area contributed by atoms with Gasteiger partial charge in [0.2, 0.25) is 11.8 Å². The van der Waals surface area contributed by atoms with Crippen LogP contribution in [0.25, 0.3) is 0 Å². The summed E-state index contributed by atoms with van der Waals surface area (Å²) in [6, 6.07) is 14.2. The number of aromatic hydroxyl groups is 1. The Morgan fingerprint density at radius 1 is 0.900 bits per heavy atom. The molecule has 30 heavy (non-hydrogen) atoms. The molecule has 0 saturated carbocycles. The lowest BCUT2D eigenvalue weighted by atomic mass is 10.0. The van der Waals surface area contributed by atoms with Crippen molar-refractivity contribution in [2.24, 2.45) is 0 Å². The number of phenols is 1. The maximum Gasteiger partial charge on any atom is 0.224 e. The predicted molar refractivity (Wildman–Crippen MR) is 113 cm³/mol. The van der Waals surface area contributed by atoms with Gasteiger partial charge in [-0.25, -0.2) is 0 Å². The normalized spacial score (nSPS) is 18.8. The zero-order chi connectivity index (χ0) is 21.5. The second kappa shape index (κ2) is 10.2. The largest absolute Gasteiger partial charge is 0.508 e. The molecule has 0 bridgehead atoms. The summed E-state index contributed by atoms with van der Waals surface area (Å²) in [5, 5.41) is 31.4. The monoisotopic (exact) mass is 412 g/mol. The molecule has 7 nitrogen and oxygen atoms in total. The fourth-order valence-electron chi connectivity index (χ4n) is 3.45. The standard InChI is InChI=1S/C23H28N2O5/c26-19-9-3-17(4-10-19)5-11-22(29)24-18-7-1-16(2-8-18)6-12-23(30)25-14-13-20(27)21(28)15-25/h1-4,7-10,20-21,26-28H,5-6,11-15H2,(H,24,29)/t20-,21+/m0/s1. The molecule has 1 aliphatic rings. The van der Waals surface area contributed by atoms with E-state index >= 15 is 0 Å². The first-order valence-electron chi connectivity index (χ1n) is 10.2. The lowest BCUT2D eigenvalue weighted by molar-refractivity contribution is -0.137. The summed E-state index contributed by atoms with van der Waals surface area (Å²) in [5.74, 6) is 0.0849. The van der Waals surface area contributed by atoms with E-state index in [2.05, 4.69) is 5.32 Å². The molecule has 7 heteroatoms. The quantitative estimate of drug-likeness (QED) is 0.555. The van der Waals surface area contributed by atoms with Crippen molar-refractivity contribution in [3.05, 3.63) is 59.7 Å². The van der Waals surface area contributed by atoms with Crippen molar-refractivity contribution in [3.8, 4) is 5.75 Å². The molecule has 0 unspecified atom stereocenters. The Morgan fingerprint density at radius 3 is 2.13 bits per heavy atom. The van der Waals surface area contributed by atoms with Crippen LogP contribution < -0.4 is 5.32 Å². The van der Waals surface area contributed by atoms with Gasteiger partial charge in [0.25, 0.3) is 0 Å². The van der Waals surface area contributed by atoms with E-state index in [0.717, 1.165) is 11.1 Å². The van der Waals surface area contributed by atoms with E-state index in [0.29, 0.717) is 44.3 Å². The zero-order valence-corrected chi connectivity index (χ0v) is 16.8. The van der Waals surface area contributed by atoms with Crippen LogP contribution in [0.2, 0.25) is 0 Å². The van der Waals surface area contributed by atoms with Crippen molar-refractivity contribution in [3.63, 3.8) is 0 Å². The summed E-state index contributed by atoms with van der Waals surface area (Å²) in [5.41, 5.74) is 2.68. The third-order valence-electron chi connectivity index (χ3n) is 5.34. The fraction of sp³-hybridized carbons (Fsp3) is 0.391. The smallest absolute Gasteiger partial charge is 0.224 e. The number of aliphatic hydroxyl groups is 2. The number of nitrogens with one attached hydrogen (secondary N) is 1. The molecule has 2 atom stereocenters. The number of carbonyl (C=O) groups is 2. The number of piperidine rings is 1. The number of hydrogen-bond acceptors (Lipinski definition) is 5. The van der Waals surface area contributed by atoms with Gasteiger partial charge in [0.15, 0.2) is 0 Å². The first-order chi connectivity index (χ1) is 14.4. The highest BCUT2D eigenvalue weighted by atomic mass is 16.3. The molecule has 1 saturated heterocycles. The molecule has 2 aromatic carbocycles. The number of aliphatic hydroxyl groups excluding tert-OH is 2. The van der Waals surface area contributed by atoms with Gasteiger partial charge in [-0.2, -0.15) is 0 Å². The summed E-state index contributed by atoms with van der Waals surface area (Å²) in [6.07, 6.45) is 0.613. The number of anilines is 1. The average molecular weight is 412 g/mol. The number of amides is 2. The van der Waals surface area contributed by atoms with E-state index in [1.165, 1.54) is 0 Å². The molecule has 0 radical (unpaired) electrons. The number of aryl methyl sites for hydroxylation is 2. The van der Waals surface area contributed by atoms with E-state index in [-0.39, 0.29) is 24.1 Å². The highest BCUT2D eigenvalue weighted by molar-refractivity contribution is 5.90. The van der Waals surface area contributed by atoms with E-state index < -0.39 is 12.2 Å². The first kappa shape index (κ1) is 21.8. The highest BCUT2D eigenvalue weighted by Crippen LogP contribution is 2.16. The Hall–Kier alpha value is -2.90. The van der Waals surface area contributed by atoms with Crippen molar-refractivity contribution >= 4 is 17.5 Å². The second-order valence-corrected chi connectivity index (χ2v) is 7.67. The molecular weight excluding hydrogens is 384 g/mol. The lowest BCUT2D eigenvalue weighted by Crippen LogP contribution is -2.49. The highest BCUT2D eigenvalue weighted by Gasteiger charge is 2.28. The van der Waals surface area contributed by atoms with Crippen LogP contribution >= 0.6 is 0 Å². The van der Waals surface area contributed by atoms with Gasteiger partial charge in [-0.05, 0) is 54.7 Å². The SMILES string of the molecule is O=C(CCc1ccc(O)cc1)Nc1ccc(CCC(=O)N2CC[C@H](O)[C@H](O)C2)cc1. The van der Waals surface area contributed by atoms with Gasteiger partial charge in [-0.3, -0.25) is 9.59 Å². The Kier molecular flexibility index (Phi) is 7.43. The van der Waals surface area contributed by atoms with E-state index in [1.54, 1.807) is 29.2 Å². The molecular formula is C23H28N2O5. The van der Waals surface area contributed by atoms with Crippen LogP contribution in [-0.2, 0) is 22.4 Å². The number of benzene rings is 2. The molecule has 1 aliphatic heterocycles. The van der Waals surface area contributed by atoms with Gasteiger partial charge in [0, 0.05) is 31.6 Å². The minimum Gasteiger partial charge on any atom is -0.508 e. The minimum atomic E-state index is -0.875. The summed E-state index contributed by atoms with van der Waals surface area (Å²) >= 11 is 0. The minimum absolute atomic E-state index is 0.0347. The molecule has 3 rings (SSSR count). The molecule has 2 aromatic rings. The number of carbonyl (C=O) groups excluding carboxylic acids is 2. The number of rotatable bonds is 7. The predicted octanol–water partition coefficient (Wildman–Crippen LogP) is 1.85. The summed E-state index contributed by atoms with van der Waals surface area (Å²) in [7, 11) is 0. The third-order valence-corrected chi connectivity index (χ3v) is 5.34. The van der Waals surface area contributed by atoms with Crippen molar-refractivity contribution in [2.75, 3.05) is 18.4 Å². The molecule has 4 N–H and O–H groups in total. The summed E-state index contributed by atoms with van der Waals surface area (Å²) in [4.78, 5) is 26.0. The Bertz CT molecular complexity index is 851. The van der Waals surface area contributed by atoms with E-state index in [9.17, 15) is 24.9 Å². The van der Waals surface area contributed by atoms with Gasteiger partial charge >= 0.3 is 0 Å². The number of phenolic OH excluding ortho intramolecular Hbond substituents is 1. The van der Waals surface area contributed by atoms with Gasteiger partial charge in [-0.1, -0.05) is 24.3 Å². The van der Waals surface area contributed by atoms with Crippen LogP contribution in [-0.4, -0.2) is 57.3 Å². The Morgan fingerprint density at radius 2 is 1.50 bits per heavy atom. The molecule has 0 aromatic heterocycles. The Labute approximate surface area is 176 Å². The van der Waals surface area contributed by atoms with Gasteiger partial charge in [-0.15, -0.1) is 0 Å². The van der Waals surface area contributed by atoms with Crippen LogP contribution in [0.1, 0.15) is 30.4 Å². The number of β-amino-alcohol motifs (C(OH)–C–C–N with tert-alkyl or cyclic N) is 1. The number of nitrogens with zero attached hydrogens (tertiary/aromatic N) is 1. The maximum absolute atomic E-state index is 12.3. The van der Waals surface area contributed by atoms with Crippen LogP contribution in [0.3, 0.4) is 0 Å². The average Bonchev–Trinajstić information content (AvgIpc) is 2.74. The summed E-state index contributed by atoms with van der Waals surface area (Å²) in [6.45, 7) is 0.640. The van der Waals surface area contributed by atoms with E-state index in [4.69, 9.17) is 0 Å². The third kappa shape index (κ3) is 6.30. The van der Waals surface area contributed by atoms with Crippen LogP contribution in [0.4, 0.5) is 5.69 Å². The maximum atomic E-state index is 12.3. The van der Waals surface area contributed by atoms with Crippen molar-refractivity contribution in [1.82, 2.24) is 4.90 Å². The van der Waals surface area contributed by atoms with Gasteiger partial charge in [0.05, 0.1) is 12.2 Å². The first-order valence-corrected chi connectivity index (χ1v) is 10.2. The van der Waals surface area contributed by atoms with Gasteiger partial charge < -0.3 is 25.5 Å². The number of likely N-dealkylation sites (tertiary alicyclic amines) is 1. The van der Waals surface area contributed by atoms with Crippen LogP contribution in [0, 0.1) is 0 Å². The van der Waals surface area contributed by atoms with E-state index in [1.807, 2.05) is 24.3 Å². The van der Waals surface area contributed by atoms with Crippen molar-refractivity contribution in [2.45, 2.75) is 44.3 Å². The summed E-state index contributed by atoms with van der Waals surface area (Å²) < 4.78 is 0. The Balaban J connectivity index is 1.41. The van der Waals surface area contributed by atoms with Crippen LogP contribution in [0.5, 0.6) is 5.75 Å². The zero-order valence-electron chi connectivity index (χ0n) is 16.8. The number of hydrogen-bond donors (Lipinski definition) is 4. The van der Waals surface area contributed by atoms with Crippen LogP contribution in [0.15, 0.2) is 48.5 Å². The molecule has 1 heterocycles. The second-order valence-electron chi connectivity index (χ2n) is 7.67. The van der Waals surface area contributed by atoms with Crippen molar-refractivity contribution in [1.29, 1.82) is 0 Å². The molecule has 0 spiro atoms. The van der Waals surface area contributed by atoms with Gasteiger partial charge in [0.1, 0.15) is 5.75 Å². The van der Waals surface area contributed by atoms with Crippen molar-refractivity contribution < 1.29 is 24.9 Å². The lowest BCUT2D eigenvalue weighted by Gasteiger charge is -2.33.